The molecule has 1 aromatic carbocycles. The zero-order valence-electron chi connectivity index (χ0n) is 14.7. The minimum absolute atomic E-state index is 0.0140. The number of hydrogen-bond acceptors (Lipinski definition) is 6. The number of amides is 3. The maximum absolute atomic E-state index is 14.7. The third-order valence-corrected chi connectivity index (χ3v) is 5.81. The Morgan fingerprint density at radius 3 is 2.86 bits per heavy atom. The Balaban J connectivity index is 1.42. The molecule has 0 radical (unpaired) electrons. The smallest absolute Gasteiger partial charge is 0.261 e. The van der Waals surface area contributed by atoms with Crippen LogP contribution in [0.15, 0.2) is 29.0 Å². The summed E-state index contributed by atoms with van der Waals surface area (Å²) >= 11 is 3.10. The molecule has 0 atom stereocenters. The number of nitrogens with one attached hydrogen (secondary N) is 2. The topological polar surface area (TPSA) is 121 Å². The van der Waals surface area contributed by atoms with Crippen LogP contribution in [0, 0.1) is 5.82 Å². The quantitative estimate of drug-likeness (QED) is 0.578. The molecule has 5 rings (SSSR count). The highest BCUT2D eigenvalue weighted by atomic mass is 79.9. The summed E-state index contributed by atoms with van der Waals surface area (Å²) in [6.07, 6.45) is 3.87. The van der Waals surface area contributed by atoms with Crippen LogP contribution in [0.1, 0.15) is 28.8 Å². The second-order valence-corrected chi connectivity index (χ2v) is 7.83. The Labute approximate surface area is 170 Å². The number of fused-ring (bicyclic) bond motifs is 3. The molecule has 1 aliphatic carbocycles. The van der Waals surface area contributed by atoms with Gasteiger partial charge in [-0.15, -0.1) is 0 Å². The van der Waals surface area contributed by atoms with Crippen LogP contribution >= 0.6 is 15.9 Å². The summed E-state index contributed by atoms with van der Waals surface area (Å²) in [5, 5.41) is 9.62. The molecule has 29 heavy (non-hydrogen) atoms. The lowest BCUT2D eigenvalue weighted by Crippen LogP contribution is -2.51. The second kappa shape index (κ2) is 6.14. The molecule has 3 aromatic rings. The number of rotatable bonds is 3. The van der Waals surface area contributed by atoms with Crippen molar-refractivity contribution in [2.45, 2.75) is 18.3 Å². The van der Waals surface area contributed by atoms with Gasteiger partial charge in [-0.1, -0.05) is 0 Å². The monoisotopic (exact) mass is 458 g/mol. The summed E-state index contributed by atoms with van der Waals surface area (Å²) in [7, 11) is 0. The number of hydrogen-bond donors (Lipinski definition) is 2. The molecule has 3 heterocycles. The molecule has 1 fully saturated rings. The Hall–Kier alpha value is -3.21. The first kappa shape index (κ1) is 17.9. The van der Waals surface area contributed by atoms with Crippen LogP contribution in [-0.2, 0) is 15.0 Å². The van der Waals surface area contributed by atoms with Crippen molar-refractivity contribution in [3.05, 3.63) is 45.9 Å². The fourth-order valence-electron chi connectivity index (χ4n) is 3.64. The molecule has 0 unspecified atom stereocenters. The van der Waals surface area contributed by atoms with E-state index in [0.717, 1.165) is 4.90 Å². The highest BCUT2D eigenvalue weighted by Gasteiger charge is 2.60. The predicted molar refractivity (Wildman–Crippen MR) is 101 cm³/mol. The van der Waals surface area contributed by atoms with Gasteiger partial charge < -0.3 is 0 Å². The van der Waals surface area contributed by atoms with E-state index < -0.39 is 35.5 Å². The van der Waals surface area contributed by atoms with E-state index >= 15 is 0 Å². The molecule has 146 valence electrons. The molecule has 1 spiro atoms. The first-order valence-electron chi connectivity index (χ1n) is 8.71. The summed E-state index contributed by atoms with van der Waals surface area (Å²) in [5.74, 6) is -2.49. The van der Waals surface area contributed by atoms with E-state index in [2.05, 4.69) is 41.4 Å². The van der Waals surface area contributed by atoms with Crippen LogP contribution < -0.4 is 5.32 Å². The maximum atomic E-state index is 14.7. The van der Waals surface area contributed by atoms with Crippen LogP contribution in [0.4, 0.5) is 10.3 Å². The Morgan fingerprint density at radius 2 is 2.10 bits per heavy atom. The minimum atomic E-state index is -1.08. The standard InChI is InChI=1S/C18H12BrFN6O3/c19-10-2-1-9-12(13(10)20)18(3-4-18)16(29)26(15(9)28)7-11(27)23-17-21-5-8-6-22-25-14(8)24-17/h1-2,5-6H,3-4,7H2,(H2,21,22,23,24,25,27). The van der Waals surface area contributed by atoms with E-state index in [-0.39, 0.29) is 21.5 Å². The molecule has 9 nitrogen and oxygen atoms in total. The van der Waals surface area contributed by atoms with Crippen LogP contribution in [0.5, 0.6) is 0 Å². The third-order valence-electron chi connectivity index (χ3n) is 5.20. The van der Waals surface area contributed by atoms with Crippen LogP contribution in [-0.4, -0.2) is 49.3 Å². The molecule has 2 aliphatic rings. The van der Waals surface area contributed by atoms with Gasteiger partial charge in [-0.05, 0) is 40.9 Å². The van der Waals surface area contributed by atoms with Gasteiger partial charge >= 0.3 is 0 Å². The molecule has 0 saturated heterocycles. The highest BCUT2D eigenvalue weighted by molar-refractivity contribution is 9.10. The van der Waals surface area contributed by atoms with Crippen LogP contribution in [0.2, 0.25) is 0 Å². The van der Waals surface area contributed by atoms with Gasteiger partial charge in [0.05, 0.1) is 21.5 Å². The van der Waals surface area contributed by atoms with Crippen molar-refractivity contribution >= 4 is 50.6 Å². The van der Waals surface area contributed by atoms with Crippen molar-refractivity contribution in [2.75, 3.05) is 11.9 Å². The van der Waals surface area contributed by atoms with Crippen molar-refractivity contribution in [1.29, 1.82) is 0 Å². The lowest BCUT2D eigenvalue weighted by molar-refractivity contribution is -0.135. The summed E-state index contributed by atoms with van der Waals surface area (Å²) in [6, 6.07) is 2.89. The SMILES string of the molecule is O=C(CN1C(=O)c2ccc(Br)c(F)c2C2(CC2)C1=O)Nc1ncc2cn[nH]c2n1. The normalized spacial score (nSPS) is 17.0. The number of H-pyrrole nitrogens is 1. The fourth-order valence-corrected chi connectivity index (χ4v) is 3.97. The van der Waals surface area contributed by atoms with Gasteiger partial charge in [0.15, 0.2) is 5.65 Å². The van der Waals surface area contributed by atoms with E-state index in [0.29, 0.717) is 23.9 Å². The Bertz CT molecular complexity index is 1220. The molecule has 0 bridgehead atoms. The van der Waals surface area contributed by atoms with E-state index in [4.69, 9.17) is 0 Å². The number of halogens is 2. The van der Waals surface area contributed by atoms with E-state index in [1.54, 1.807) is 0 Å². The first-order chi connectivity index (χ1) is 13.9. The van der Waals surface area contributed by atoms with Crippen LogP contribution in [0.25, 0.3) is 11.0 Å². The van der Waals surface area contributed by atoms with Crippen molar-refractivity contribution < 1.29 is 18.8 Å². The lowest BCUT2D eigenvalue weighted by Gasteiger charge is -2.32. The van der Waals surface area contributed by atoms with Gasteiger partial charge in [-0.25, -0.2) is 9.37 Å². The Kier molecular flexibility index (Phi) is 3.78. The van der Waals surface area contributed by atoms with Crippen molar-refractivity contribution in [3.63, 3.8) is 0 Å². The van der Waals surface area contributed by atoms with E-state index in [1.165, 1.54) is 24.5 Å². The number of imide groups is 1. The van der Waals surface area contributed by atoms with Gasteiger partial charge in [-0.3, -0.25) is 29.7 Å². The molecular weight excluding hydrogens is 447 g/mol. The third kappa shape index (κ3) is 2.64. The van der Waals surface area contributed by atoms with Crippen LogP contribution in [0.3, 0.4) is 0 Å². The maximum Gasteiger partial charge on any atom is 0.261 e. The van der Waals surface area contributed by atoms with Crippen molar-refractivity contribution in [2.24, 2.45) is 0 Å². The number of nitrogens with zero attached hydrogens (tertiary/aromatic N) is 4. The summed E-state index contributed by atoms with van der Waals surface area (Å²) < 4.78 is 14.9. The predicted octanol–water partition coefficient (Wildman–Crippen LogP) is 1.91. The average molecular weight is 459 g/mol. The minimum Gasteiger partial charge on any atom is -0.293 e. The van der Waals surface area contributed by atoms with Gasteiger partial charge in [0, 0.05) is 17.3 Å². The molecule has 2 N–H and O–H groups in total. The molecule has 1 saturated carbocycles. The zero-order chi connectivity index (χ0) is 20.3. The van der Waals surface area contributed by atoms with Gasteiger partial charge in [0.1, 0.15) is 12.4 Å². The number of carbonyl (C=O) groups excluding carboxylic acids is 3. The average Bonchev–Trinajstić information content (AvgIpc) is 3.35. The van der Waals surface area contributed by atoms with E-state index in [9.17, 15) is 18.8 Å². The lowest BCUT2D eigenvalue weighted by atomic mass is 9.85. The van der Waals surface area contributed by atoms with Crippen molar-refractivity contribution in [1.82, 2.24) is 25.1 Å². The van der Waals surface area contributed by atoms with Crippen molar-refractivity contribution in [3.8, 4) is 0 Å². The number of carbonyl (C=O) groups is 3. The molecule has 1 aliphatic heterocycles. The van der Waals surface area contributed by atoms with Gasteiger partial charge in [-0.2, -0.15) is 10.1 Å². The molecule has 2 aromatic heterocycles. The number of benzene rings is 1. The van der Waals surface area contributed by atoms with Gasteiger partial charge in [0.25, 0.3) is 5.91 Å². The second-order valence-electron chi connectivity index (χ2n) is 6.98. The number of anilines is 1. The number of aromatic nitrogens is 4. The largest absolute Gasteiger partial charge is 0.293 e. The fraction of sp³-hybridized carbons (Fsp3) is 0.222. The summed E-state index contributed by atoms with van der Waals surface area (Å²) in [4.78, 5) is 47.2. The molecule has 3 amide bonds. The number of aromatic amines is 1. The summed E-state index contributed by atoms with van der Waals surface area (Å²) in [5.41, 5.74) is -0.424. The Morgan fingerprint density at radius 1 is 1.31 bits per heavy atom. The van der Waals surface area contributed by atoms with E-state index in [1.807, 2.05) is 0 Å². The summed E-state index contributed by atoms with van der Waals surface area (Å²) in [6.45, 7) is -0.513. The molecular formula is C18H12BrFN6O3. The van der Waals surface area contributed by atoms with Gasteiger partial charge in [0.2, 0.25) is 17.8 Å². The first-order valence-corrected chi connectivity index (χ1v) is 9.51. The zero-order valence-corrected chi connectivity index (χ0v) is 16.3. The molecule has 11 heteroatoms. The highest BCUT2D eigenvalue weighted by Crippen LogP contribution is 2.54.